The average Bonchev–Trinajstić information content (AvgIpc) is 3.01. The zero-order chi connectivity index (χ0) is 18.3. The summed E-state index contributed by atoms with van der Waals surface area (Å²) in [7, 11) is 0. The quantitative estimate of drug-likeness (QED) is 0.547. The zero-order valence-electron chi connectivity index (χ0n) is 16.1. The molecule has 2 aromatic carbocycles. The Morgan fingerprint density at radius 2 is 1.77 bits per heavy atom. The number of para-hydroxylation sites is 2. The normalized spacial score (nSPS) is 14.2. The van der Waals surface area contributed by atoms with Gasteiger partial charge in [0.05, 0.1) is 5.69 Å². The minimum atomic E-state index is 0.0887. The van der Waals surface area contributed by atoms with Crippen LogP contribution in [0.1, 0.15) is 51.0 Å². The number of rotatable bonds is 3. The van der Waals surface area contributed by atoms with E-state index in [1.807, 2.05) is 0 Å². The molecule has 0 unspecified atom stereocenters. The van der Waals surface area contributed by atoms with E-state index in [9.17, 15) is 0 Å². The van der Waals surface area contributed by atoms with E-state index in [1.165, 1.54) is 22.1 Å². The van der Waals surface area contributed by atoms with Crippen LogP contribution in [0.3, 0.4) is 0 Å². The van der Waals surface area contributed by atoms with Crippen LogP contribution in [0.5, 0.6) is 0 Å². The number of fused-ring (bicyclic) bond motifs is 3. The highest BCUT2D eigenvalue weighted by molar-refractivity contribution is 5.96. The highest BCUT2D eigenvalue weighted by Gasteiger charge is 2.28. The molecule has 1 N–H and O–H groups in total. The number of anilines is 2. The molecule has 4 rings (SSSR count). The Bertz CT molecular complexity index is 985. The Balaban J connectivity index is 1.84. The molecule has 0 bridgehead atoms. The van der Waals surface area contributed by atoms with Crippen molar-refractivity contribution in [3.05, 3.63) is 65.4 Å². The monoisotopic (exact) mass is 345 g/mol. The molecule has 1 aromatic heterocycles. The third kappa shape index (κ3) is 2.84. The first kappa shape index (κ1) is 17.0. The van der Waals surface area contributed by atoms with Crippen molar-refractivity contribution in [3.63, 3.8) is 0 Å². The molecule has 0 radical (unpaired) electrons. The standard InChI is InChI=1S/C24H27NO/c1-5-16-10-6-7-14-20(16)25-21-15-9-12-18-17-11-8-13-19(24(2,3)4)22(17)26-23(18)21/h6-7,9-10,12-15,25H,5,8,11H2,1-4H3. The fourth-order valence-corrected chi connectivity index (χ4v) is 3.93. The van der Waals surface area contributed by atoms with Gasteiger partial charge in [-0.2, -0.15) is 0 Å². The molecule has 0 atom stereocenters. The van der Waals surface area contributed by atoms with Crippen molar-refractivity contribution in [2.45, 2.75) is 47.0 Å². The lowest BCUT2D eigenvalue weighted by Crippen LogP contribution is -2.11. The van der Waals surface area contributed by atoms with Crippen molar-refractivity contribution in [1.29, 1.82) is 0 Å². The van der Waals surface area contributed by atoms with Crippen LogP contribution < -0.4 is 5.32 Å². The minimum Gasteiger partial charge on any atom is -0.454 e. The van der Waals surface area contributed by atoms with Crippen LogP contribution in [0.2, 0.25) is 0 Å². The van der Waals surface area contributed by atoms with E-state index in [2.05, 4.69) is 81.6 Å². The molecule has 1 aliphatic rings. The van der Waals surface area contributed by atoms with Gasteiger partial charge in [0.2, 0.25) is 0 Å². The largest absolute Gasteiger partial charge is 0.454 e. The van der Waals surface area contributed by atoms with E-state index in [4.69, 9.17) is 4.42 Å². The van der Waals surface area contributed by atoms with Crippen LogP contribution in [0, 0.1) is 5.41 Å². The summed E-state index contributed by atoms with van der Waals surface area (Å²) < 4.78 is 6.48. The number of nitrogens with one attached hydrogen (secondary N) is 1. The first-order valence-electron chi connectivity index (χ1n) is 9.59. The van der Waals surface area contributed by atoms with Crippen LogP contribution in [0.25, 0.3) is 16.5 Å². The fraction of sp³-hybridized carbons (Fsp3) is 0.333. The predicted molar refractivity (Wildman–Crippen MR) is 111 cm³/mol. The van der Waals surface area contributed by atoms with Crippen molar-refractivity contribution in [3.8, 4) is 0 Å². The number of hydrogen-bond acceptors (Lipinski definition) is 2. The molecule has 0 saturated carbocycles. The Hall–Kier alpha value is -2.48. The maximum Gasteiger partial charge on any atom is 0.158 e. The van der Waals surface area contributed by atoms with E-state index in [-0.39, 0.29) is 5.41 Å². The highest BCUT2D eigenvalue weighted by atomic mass is 16.3. The van der Waals surface area contributed by atoms with E-state index in [0.29, 0.717) is 0 Å². The Morgan fingerprint density at radius 1 is 1.00 bits per heavy atom. The van der Waals surface area contributed by atoms with Crippen molar-refractivity contribution in [2.24, 2.45) is 5.41 Å². The molecule has 1 aliphatic carbocycles. The topological polar surface area (TPSA) is 25.2 Å². The van der Waals surface area contributed by atoms with Gasteiger partial charge in [0.25, 0.3) is 0 Å². The molecule has 3 aromatic rings. The molecule has 0 aliphatic heterocycles. The molecule has 0 saturated heterocycles. The third-order valence-electron chi connectivity index (χ3n) is 5.28. The number of aryl methyl sites for hydroxylation is 2. The molecule has 1 heterocycles. The average molecular weight is 345 g/mol. The number of hydrogen-bond donors (Lipinski definition) is 1. The minimum absolute atomic E-state index is 0.0887. The summed E-state index contributed by atoms with van der Waals surface area (Å²) in [6.07, 6.45) is 5.50. The van der Waals surface area contributed by atoms with E-state index in [0.717, 1.165) is 42.0 Å². The smallest absolute Gasteiger partial charge is 0.158 e. The summed E-state index contributed by atoms with van der Waals surface area (Å²) in [5, 5.41) is 4.86. The first-order chi connectivity index (χ1) is 12.5. The van der Waals surface area contributed by atoms with Gasteiger partial charge in [-0.1, -0.05) is 64.1 Å². The molecule has 0 fully saturated rings. The summed E-state index contributed by atoms with van der Waals surface area (Å²) in [6.45, 7) is 8.97. The van der Waals surface area contributed by atoms with E-state index >= 15 is 0 Å². The van der Waals surface area contributed by atoms with Crippen molar-refractivity contribution in [1.82, 2.24) is 0 Å². The fourth-order valence-electron chi connectivity index (χ4n) is 3.93. The van der Waals surface area contributed by atoms with Crippen LogP contribution in [0.15, 0.2) is 53.0 Å². The second-order valence-electron chi connectivity index (χ2n) is 8.13. The molecular formula is C24H27NO. The van der Waals surface area contributed by atoms with Gasteiger partial charge in [-0.05, 0) is 47.9 Å². The molecule has 134 valence electrons. The summed E-state index contributed by atoms with van der Waals surface area (Å²) in [6, 6.07) is 14.9. The Labute approximate surface area is 155 Å². The van der Waals surface area contributed by atoms with Crippen molar-refractivity contribution < 1.29 is 4.42 Å². The van der Waals surface area contributed by atoms with Crippen LogP contribution in [-0.2, 0) is 12.8 Å². The lowest BCUT2D eigenvalue weighted by Gasteiger charge is -2.25. The van der Waals surface area contributed by atoms with Crippen LogP contribution in [-0.4, -0.2) is 0 Å². The zero-order valence-corrected chi connectivity index (χ0v) is 16.1. The highest BCUT2D eigenvalue weighted by Crippen LogP contribution is 2.44. The van der Waals surface area contributed by atoms with E-state index < -0.39 is 0 Å². The van der Waals surface area contributed by atoms with Gasteiger partial charge in [0, 0.05) is 16.6 Å². The molecule has 0 spiro atoms. The van der Waals surface area contributed by atoms with Gasteiger partial charge >= 0.3 is 0 Å². The summed E-state index contributed by atoms with van der Waals surface area (Å²) in [4.78, 5) is 0. The number of furan rings is 1. The Morgan fingerprint density at radius 3 is 2.54 bits per heavy atom. The lowest BCUT2D eigenvalue weighted by atomic mass is 9.80. The van der Waals surface area contributed by atoms with Gasteiger partial charge in [-0.15, -0.1) is 0 Å². The number of allylic oxidation sites excluding steroid dienone is 2. The molecular weight excluding hydrogens is 318 g/mol. The van der Waals surface area contributed by atoms with Crippen molar-refractivity contribution >= 4 is 27.9 Å². The van der Waals surface area contributed by atoms with Crippen LogP contribution >= 0.6 is 0 Å². The Kier molecular flexibility index (Phi) is 4.14. The molecule has 2 nitrogen and oxygen atoms in total. The van der Waals surface area contributed by atoms with Gasteiger partial charge in [-0.25, -0.2) is 0 Å². The maximum atomic E-state index is 6.48. The van der Waals surface area contributed by atoms with E-state index in [1.54, 1.807) is 0 Å². The van der Waals surface area contributed by atoms with Crippen LogP contribution in [0.4, 0.5) is 11.4 Å². The van der Waals surface area contributed by atoms with Gasteiger partial charge in [0.1, 0.15) is 5.76 Å². The molecule has 26 heavy (non-hydrogen) atoms. The second kappa shape index (κ2) is 6.35. The van der Waals surface area contributed by atoms with Gasteiger partial charge in [-0.3, -0.25) is 0 Å². The summed E-state index contributed by atoms with van der Waals surface area (Å²) >= 11 is 0. The lowest BCUT2D eigenvalue weighted by molar-refractivity contribution is 0.515. The maximum absolute atomic E-state index is 6.48. The first-order valence-corrected chi connectivity index (χ1v) is 9.59. The number of benzene rings is 2. The van der Waals surface area contributed by atoms with Gasteiger partial charge in [0.15, 0.2) is 5.58 Å². The predicted octanol–water partition coefficient (Wildman–Crippen LogP) is 7.11. The summed E-state index contributed by atoms with van der Waals surface area (Å²) in [5.41, 5.74) is 7.27. The van der Waals surface area contributed by atoms with Gasteiger partial charge < -0.3 is 9.73 Å². The second-order valence-corrected chi connectivity index (χ2v) is 8.13. The SMILES string of the molecule is CCc1ccccc1Nc1cccc2c3c(oc12)C(C(C)(C)C)=CCC3. The molecule has 2 heteroatoms. The third-order valence-corrected chi connectivity index (χ3v) is 5.28. The van der Waals surface area contributed by atoms with Crippen molar-refractivity contribution in [2.75, 3.05) is 5.32 Å². The molecule has 0 amide bonds. The summed E-state index contributed by atoms with van der Waals surface area (Å²) in [5.74, 6) is 1.08.